The third-order valence-corrected chi connectivity index (χ3v) is 2.49. The lowest BCUT2D eigenvalue weighted by Crippen LogP contribution is -1.98. The van der Waals surface area contributed by atoms with Gasteiger partial charge in [0.05, 0.1) is 16.1 Å². The molecular formula is C8H2Cl4O2. The Kier molecular flexibility index (Phi) is 3.78. The van der Waals surface area contributed by atoms with Gasteiger partial charge in [0, 0.05) is 5.02 Å². The summed E-state index contributed by atoms with van der Waals surface area (Å²) in [5.41, 5.74) is -0.0744. The van der Waals surface area contributed by atoms with Gasteiger partial charge >= 0.3 is 0 Å². The number of halogens is 4. The van der Waals surface area contributed by atoms with E-state index in [4.69, 9.17) is 46.4 Å². The van der Waals surface area contributed by atoms with Crippen molar-refractivity contribution in [1.82, 2.24) is 0 Å². The van der Waals surface area contributed by atoms with E-state index in [1.54, 1.807) is 0 Å². The topological polar surface area (TPSA) is 34.1 Å². The highest BCUT2D eigenvalue weighted by Gasteiger charge is 2.16. The van der Waals surface area contributed by atoms with Crippen molar-refractivity contribution < 1.29 is 9.59 Å². The molecule has 0 radical (unpaired) electrons. The molecule has 0 N–H and O–H groups in total. The van der Waals surface area contributed by atoms with Gasteiger partial charge in [-0.15, -0.1) is 0 Å². The molecule has 0 spiro atoms. The molecule has 1 aromatic carbocycles. The molecule has 0 amide bonds. The zero-order valence-corrected chi connectivity index (χ0v) is 9.51. The Bertz CT molecular complexity index is 379. The van der Waals surface area contributed by atoms with Crippen molar-refractivity contribution >= 4 is 56.9 Å². The van der Waals surface area contributed by atoms with Crippen molar-refractivity contribution in [2.45, 2.75) is 0 Å². The summed E-state index contributed by atoms with van der Waals surface area (Å²) in [6.45, 7) is 0. The third kappa shape index (κ3) is 2.39. The highest BCUT2D eigenvalue weighted by atomic mass is 35.5. The van der Waals surface area contributed by atoms with Crippen molar-refractivity contribution in [3.8, 4) is 0 Å². The second kappa shape index (κ2) is 4.49. The summed E-state index contributed by atoms with van der Waals surface area (Å²) in [5, 5.41) is -1.51. The number of rotatable bonds is 2. The molecule has 14 heavy (non-hydrogen) atoms. The Balaban J connectivity index is 3.47. The van der Waals surface area contributed by atoms with E-state index in [0.29, 0.717) is 0 Å². The van der Waals surface area contributed by atoms with Crippen LogP contribution in [0.15, 0.2) is 12.1 Å². The first-order valence-electron chi connectivity index (χ1n) is 3.32. The molecule has 2 nitrogen and oxygen atoms in total. The number of hydrogen-bond donors (Lipinski definition) is 0. The Labute approximate surface area is 99.7 Å². The summed E-state index contributed by atoms with van der Waals surface area (Å²) in [6, 6.07) is 2.53. The largest absolute Gasteiger partial charge is 0.276 e. The first kappa shape index (κ1) is 11.8. The lowest BCUT2D eigenvalue weighted by molar-refractivity contribution is 0.108. The number of benzene rings is 1. The van der Waals surface area contributed by atoms with Gasteiger partial charge in [0.2, 0.25) is 0 Å². The zero-order chi connectivity index (χ0) is 10.9. The van der Waals surface area contributed by atoms with Gasteiger partial charge in [-0.1, -0.05) is 23.2 Å². The summed E-state index contributed by atoms with van der Waals surface area (Å²) in [7, 11) is 0. The van der Waals surface area contributed by atoms with Gasteiger partial charge in [-0.3, -0.25) is 9.59 Å². The molecular weight excluding hydrogens is 270 g/mol. The van der Waals surface area contributed by atoms with Crippen molar-refractivity contribution in [2.24, 2.45) is 0 Å². The standard InChI is InChI=1S/C8H2Cl4O2/c9-3-1-4(7(11)13)6(10)5(2-3)8(12)14/h1-2H. The Morgan fingerprint density at radius 3 is 1.57 bits per heavy atom. The molecule has 0 bridgehead atoms. The summed E-state index contributed by atoms with van der Waals surface area (Å²) in [6.07, 6.45) is 0. The Morgan fingerprint density at radius 2 is 1.29 bits per heavy atom. The second-order valence-corrected chi connectivity index (χ2v) is 3.86. The van der Waals surface area contributed by atoms with E-state index in [0.717, 1.165) is 0 Å². The third-order valence-electron chi connectivity index (χ3n) is 1.46. The van der Waals surface area contributed by atoms with Gasteiger partial charge in [-0.2, -0.15) is 0 Å². The summed E-state index contributed by atoms with van der Waals surface area (Å²) in [5.74, 6) is 0. The first-order valence-corrected chi connectivity index (χ1v) is 4.83. The van der Waals surface area contributed by atoms with Gasteiger partial charge in [-0.25, -0.2) is 0 Å². The first-order chi connectivity index (χ1) is 6.43. The normalized spacial score (nSPS) is 10.0. The van der Waals surface area contributed by atoms with Gasteiger partial charge in [-0.05, 0) is 35.3 Å². The highest BCUT2D eigenvalue weighted by molar-refractivity contribution is 6.71. The molecule has 0 saturated carbocycles. The lowest BCUT2D eigenvalue weighted by Gasteiger charge is -2.03. The summed E-state index contributed by atoms with van der Waals surface area (Å²) >= 11 is 21.8. The fourth-order valence-electron chi connectivity index (χ4n) is 0.875. The van der Waals surface area contributed by atoms with E-state index in [1.165, 1.54) is 12.1 Å². The molecule has 1 rings (SSSR count). The molecule has 0 saturated heterocycles. The van der Waals surface area contributed by atoms with Crippen molar-refractivity contribution in [3.05, 3.63) is 33.3 Å². The molecule has 0 aliphatic rings. The SMILES string of the molecule is O=C(Cl)c1cc(Cl)cc(C(=O)Cl)c1Cl. The van der Waals surface area contributed by atoms with Crippen LogP contribution in [-0.2, 0) is 0 Å². The van der Waals surface area contributed by atoms with E-state index in [1.807, 2.05) is 0 Å². The fourth-order valence-corrected chi connectivity index (χ4v) is 1.77. The molecule has 0 aliphatic heterocycles. The molecule has 74 valence electrons. The van der Waals surface area contributed by atoms with E-state index in [9.17, 15) is 9.59 Å². The zero-order valence-electron chi connectivity index (χ0n) is 6.48. The minimum Gasteiger partial charge on any atom is -0.276 e. The Morgan fingerprint density at radius 1 is 0.929 bits per heavy atom. The van der Waals surface area contributed by atoms with E-state index in [-0.39, 0.29) is 21.2 Å². The quantitative estimate of drug-likeness (QED) is 0.768. The molecule has 1 aromatic rings. The van der Waals surface area contributed by atoms with Crippen LogP contribution in [-0.4, -0.2) is 10.5 Å². The number of carbonyl (C=O) groups is 2. The van der Waals surface area contributed by atoms with Gasteiger partial charge in [0.25, 0.3) is 10.5 Å². The monoisotopic (exact) mass is 270 g/mol. The molecule has 0 fully saturated rings. The number of carbonyl (C=O) groups excluding carboxylic acids is 2. The van der Waals surface area contributed by atoms with Crippen molar-refractivity contribution in [3.63, 3.8) is 0 Å². The lowest BCUT2D eigenvalue weighted by atomic mass is 10.1. The van der Waals surface area contributed by atoms with Crippen molar-refractivity contribution in [1.29, 1.82) is 0 Å². The van der Waals surface area contributed by atoms with E-state index < -0.39 is 10.5 Å². The second-order valence-electron chi connectivity index (χ2n) is 2.36. The van der Waals surface area contributed by atoms with Gasteiger partial charge < -0.3 is 0 Å². The molecule has 0 atom stereocenters. The van der Waals surface area contributed by atoms with Crippen LogP contribution in [0.25, 0.3) is 0 Å². The highest BCUT2D eigenvalue weighted by Crippen LogP contribution is 2.28. The van der Waals surface area contributed by atoms with Crippen LogP contribution in [0, 0.1) is 0 Å². The minimum atomic E-state index is -0.795. The smallest absolute Gasteiger partial charge is 0.253 e. The average molecular weight is 272 g/mol. The van der Waals surface area contributed by atoms with Crippen LogP contribution < -0.4 is 0 Å². The summed E-state index contributed by atoms with van der Waals surface area (Å²) in [4.78, 5) is 21.7. The fraction of sp³-hybridized carbons (Fsp3) is 0. The van der Waals surface area contributed by atoms with Crippen LogP contribution in [0.1, 0.15) is 20.7 Å². The predicted molar refractivity (Wildman–Crippen MR) is 56.8 cm³/mol. The molecule has 0 aliphatic carbocycles. The van der Waals surface area contributed by atoms with E-state index in [2.05, 4.69) is 0 Å². The maximum Gasteiger partial charge on any atom is 0.253 e. The Hall–Kier alpha value is -0.280. The van der Waals surface area contributed by atoms with Crippen molar-refractivity contribution in [2.75, 3.05) is 0 Å². The van der Waals surface area contributed by atoms with Crippen LogP contribution in [0.2, 0.25) is 10.0 Å². The maximum atomic E-state index is 10.9. The van der Waals surface area contributed by atoms with Gasteiger partial charge in [0.15, 0.2) is 0 Å². The van der Waals surface area contributed by atoms with Crippen LogP contribution in [0.4, 0.5) is 0 Å². The van der Waals surface area contributed by atoms with Crippen LogP contribution in [0.5, 0.6) is 0 Å². The maximum absolute atomic E-state index is 10.9. The average Bonchev–Trinajstić information content (AvgIpc) is 2.07. The minimum absolute atomic E-state index is 0.0372. The molecule has 0 heterocycles. The molecule has 0 unspecified atom stereocenters. The predicted octanol–water partition coefficient (Wildman–Crippen LogP) is 3.75. The molecule has 6 heteroatoms. The summed E-state index contributed by atoms with van der Waals surface area (Å²) < 4.78 is 0. The van der Waals surface area contributed by atoms with Crippen LogP contribution >= 0.6 is 46.4 Å². The van der Waals surface area contributed by atoms with Gasteiger partial charge in [0.1, 0.15) is 0 Å². The molecule has 0 aromatic heterocycles. The van der Waals surface area contributed by atoms with Crippen LogP contribution in [0.3, 0.4) is 0 Å². The van der Waals surface area contributed by atoms with E-state index >= 15 is 0 Å². The number of hydrogen-bond acceptors (Lipinski definition) is 2.